The highest BCUT2D eigenvalue weighted by atomic mass is 15.3. The van der Waals surface area contributed by atoms with Crippen LogP contribution in [0.25, 0.3) is 0 Å². The summed E-state index contributed by atoms with van der Waals surface area (Å²) < 4.78 is 0. The van der Waals surface area contributed by atoms with Crippen molar-refractivity contribution in [3.63, 3.8) is 0 Å². The number of hydrogen-bond donors (Lipinski definition) is 0. The Hall–Kier alpha value is -1.71. The predicted molar refractivity (Wildman–Crippen MR) is 95.4 cm³/mol. The lowest BCUT2D eigenvalue weighted by Gasteiger charge is -2.35. The van der Waals surface area contributed by atoms with Crippen molar-refractivity contribution in [1.82, 2.24) is 14.8 Å². The van der Waals surface area contributed by atoms with Gasteiger partial charge in [0.15, 0.2) is 0 Å². The number of aryl methyl sites for hydroxylation is 3. The summed E-state index contributed by atoms with van der Waals surface area (Å²) in [5, 5.41) is 0. The van der Waals surface area contributed by atoms with Gasteiger partial charge in [-0.25, -0.2) is 0 Å². The molecular formula is C20H27N3. The van der Waals surface area contributed by atoms with Crippen molar-refractivity contribution in [2.75, 3.05) is 26.2 Å². The number of nitrogens with zero attached hydrogens (tertiary/aromatic N) is 3. The molecule has 1 aliphatic rings. The van der Waals surface area contributed by atoms with E-state index in [1.807, 2.05) is 12.4 Å². The topological polar surface area (TPSA) is 19.4 Å². The summed E-state index contributed by atoms with van der Waals surface area (Å²) in [6.07, 6.45) is 3.77. The summed E-state index contributed by atoms with van der Waals surface area (Å²) in [7, 11) is 0. The number of pyridine rings is 1. The van der Waals surface area contributed by atoms with Gasteiger partial charge in [0.1, 0.15) is 0 Å². The van der Waals surface area contributed by atoms with Gasteiger partial charge in [0, 0.05) is 51.7 Å². The molecule has 1 saturated heterocycles. The summed E-state index contributed by atoms with van der Waals surface area (Å²) in [6, 6.07) is 8.85. The van der Waals surface area contributed by atoms with Crippen LogP contribution in [0.4, 0.5) is 0 Å². The summed E-state index contributed by atoms with van der Waals surface area (Å²) in [5.41, 5.74) is 7.10. The second-order valence-corrected chi connectivity index (χ2v) is 6.79. The number of benzene rings is 1. The van der Waals surface area contributed by atoms with E-state index in [1.54, 1.807) is 0 Å². The lowest BCUT2D eigenvalue weighted by Crippen LogP contribution is -2.45. The standard InChI is InChI=1S/C20H27N3/c1-16-12-17(2)20(18(3)13-16)15-23-10-8-22(9-11-23)14-19-4-6-21-7-5-19/h4-7,12-13H,8-11,14-15H2,1-3H3. The molecule has 1 fully saturated rings. The van der Waals surface area contributed by atoms with Gasteiger partial charge in [-0.2, -0.15) is 0 Å². The molecule has 0 amide bonds. The lowest BCUT2D eigenvalue weighted by atomic mass is 9.99. The third-order valence-corrected chi connectivity index (χ3v) is 4.84. The third-order valence-electron chi connectivity index (χ3n) is 4.84. The Morgan fingerprint density at radius 2 is 1.35 bits per heavy atom. The molecule has 0 unspecified atom stereocenters. The Kier molecular flexibility index (Phi) is 5.09. The molecule has 2 heterocycles. The van der Waals surface area contributed by atoms with Crippen LogP contribution in [-0.2, 0) is 13.1 Å². The van der Waals surface area contributed by atoms with E-state index in [2.05, 4.69) is 59.8 Å². The summed E-state index contributed by atoms with van der Waals surface area (Å²) in [6.45, 7) is 13.4. The van der Waals surface area contributed by atoms with E-state index in [1.165, 1.54) is 27.8 Å². The Morgan fingerprint density at radius 1 is 0.826 bits per heavy atom. The SMILES string of the molecule is Cc1cc(C)c(CN2CCN(Cc3ccncc3)CC2)c(C)c1. The molecule has 0 saturated carbocycles. The van der Waals surface area contributed by atoms with Crippen LogP contribution in [0.3, 0.4) is 0 Å². The molecule has 3 rings (SSSR count). The first-order chi connectivity index (χ1) is 11.1. The van der Waals surface area contributed by atoms with Crippen LogP contribution < -0.4 is 0 Å². The molecule has 0 bridgehead atoms. The van der Waals surface area contributed by atoms with E-state index < -0.39 is 0 Å². The maximum absolute atomic E-state index is 4.09. The summed E-state index contributed by atoms with van der Waals surface area (Å²) in [4.78, 5) is 9.23. The van der Waals surface area contributed by atoms with E-state index in [4.69, 9.17) is 0 Å². The molecule has 1 aliphatic heterocycles. The second kappa shape index (κ2) is 7.24. The zero-order valence-corrected chi connectivity index (χ0v) is 14.5. The maximum atomic E-state index is 4.09. The Balaban J connectivity index is 1.55. The van der Waals surface area contributed by atoms with Crippen LogP contribution in [0, 0.1) is 20.8 Å². The van der Waals surface area contributed by atoms with Crippen molar-refractivity contribution in [3.8, 4) is 0 Å². The molecule has 122 valence electrons. The highest BCUT2D eigenvalue weighted by molar-refractivity contribution is 5.37. The van der Waals surface area contributed by atoms with Crippen molar-refractivity contribution in [1.29, 1.82) is 0 Å². The molecule has 1 aromatic carbocycles. The fourth-order valence-electron chi connectivity index (χ4n) is 3.53. The van der Waals surface area contributed by atoms with Gasteiger partial charge in [-0.3, -0.25) is 14.8 Å². The minimum atomic E-state index is 1.04. The Labute approximate surface area is 140 Å². The van der Waals surface area contributed by atoms with Crippen molar-refractivity contribution in [2.45, 2.75) is 33.9 Å². The minimum absolute atomic E-state index is 1.04. The zero-order valence-electron chi connectivity index (χ0n) is 14.5. The number of rotatable bonds is 4. The molecule has 0 radical (unpaired) electrons. The quantitative estimate of drug-likeness (QED) is 0.863. The van der Waals surface area contributed by atoms with Crippen LogP contribution in [0.15, 0.2) is 36.7 Å². The molecule has 2 aromatic rings. The Bertz CT molecular complexity index is 620. The van der Waals surface area contributed by atoms with Crippen LogP contribution in [0.5, 0.6) is 0 Å². The number of hydrogen-bond acceptors (Lipinski definition) is 3. The molecule has 0 aliphatic carbocycles. The van der Waals surface area contributed by atoms with Crippen molar-refractivity contribution < 1.29 is 0 Å². The van der Waals surface area contributed by atoms with E-state index in [-0.39, 0.29) is 0 Å². The smallest absolute Gasteiger partial charge is 0.0271 e. The summed E-state index contributed by atoms with van der Waals surface area (Å²) in [5.74, 6) is 0. The molecule has 3 nitrogen and oxygen atoms in total. The number of aromatic nitrogens is 1. The van der Waals surface area contributed by atoms with Gasteiger partial charge >= 0.3 is 0 Å². The van der Waals surface area contributed by atoms with Gasteiger partial charge in [-0.15, -0.1) is 0 Å². The van der Waals surface area contributed by atoms with Crippen LogP contribution >= 0.6 is 0 Å². The molecular weight excluding hydrogens is 282 g/mol. The van der Waals surface area contributed by atoms with Crippen molar-refractivity contribution in [2.24, 2.45) is 0 Å². The Morgan fingerprint density at radius 3 is 1.91 bits per heavy atom. The first-order valence-electron chi connectivity index (χ1n) is 8.52. The van der Waals surface area contributed by atoms with Crippen molar-refractivity contribution >= 4 is 0 Å². The van der Waals surface area contributed by atoms with E-state index >= 15 is 0 Å². The lowest BCUT2D eigenvalue weighted by molar-refractivity contribution is 0.121. The van der Waals surface area contributed by atoms with Crippen molar-refractivity contribution in [3.05, 3.63) is 64.5 Å². The largest absolute Gasteiger partial charge is 0.297 e. The van der Waals surface area contributed by atoms with Gasteiger partial charge in [0.25, 0.3) is 0 Å². The van der Waals surface area contributed by atoms with Gasteiger partial charge < -0.3 is 0 Å². The van der Waals surface area contributed by atoms with Crippen LogP contribution in [0.1, 0.15) is 27.8 Å². The molecule has 3 heteroatoms. The second-order valence-electron chi connectivity index (χ2n) is 6.79. The maximum Gasteiger partial charge on any atom is 0.0271 e. The molecule has 0 atom stereocenters. The van der Waals surface area contributed by atoms with E-state index in [0.29, 0.717) is 0 Å². The molecule has 1 aromatic heterocycles. The highest BCUT2D eigenvalue weighted by Gasteiger charge is 2.18. The van der Waals surface area contributed by atoms with Crippen LogP contribution in [0.2, 0.25) is 0 Å². The molecule has 0 N–H and O–H groups in total. The monoisotopic (exact) mass is 309 g/mol. The summed E-state index contributed by atoms with van der Waals surface area (Å²) >= 11 is 0. The zero-order chi connectivity index (χ0) is 16.2. The normalized spacial score (nSPS) is 16.7. The first-order valence-corrected chi connectivity index (χ1v) is 8.52. The molecule has 23 heavy (non-hydrogen) atoms. The average molecular weight is 309 g/mol. The van der Waals surface area contributed by atoms with Gasteiger partial charge in [-0.1, -0.05) is 17.7 Å². The van der Waals surface area contributed by atoms with E-state index in [0.717, 1.165) is 39.3 Å². The first kappa shape index (κ1) is 16.2. The van der Waals surface area contributed by atoms with E-state index in [9.17, 15) is 0 Å². The van der Waals surface area contributed by atoms with Gasteiger partial charge in [0.2, 0.25) is 0 Å². The highest BCUT2D eigenvalue weighted by Crippen LogP contribution is 2.19. The van der Waals surface area contributed by atoms with Crippen LogP contribution in [-0.4, -0.2) is 41.0 Å². The minimum Gasteiger partial charge on any atom is -0.297 e. The van der Waals surface area contributed by atoms with Gasteiger partial charge in [-0.05, 0) is 55.2 Å². The third kappa shape index (κ3) is 4.18. The van der Waals surface area contributed by atoms with Gasteiger partial charge in [0.05, 0.1) is 0 Å². The number of piperazine rings is 1. The molecule has 0 spiro atoms. The average Bonchev–Trinajstić information content (AvgIpc) is 2.53. The predicted octanol–water partition coefficient (Wildman–Crippen LogP) is 3.32. The fourth-order valence-corrected chi connectivity index (χ4v) is 3.53. The fraction of sp³-hybridized carbons (Fsp3) is 0.450.